The van der Waals surface area contributed by atoms with Crippen LogP contribution in [-0.2, 0) is 23.8 Å². The highest BCUT2D eigenvalue weighted by molar-refractivity contribution is 5.89. The molecule has 0 saturated carbocycles. The van der Waals surface area contributed by atoms with Crippen LogP contribution in [-0.4, -0.2) is 73.3 Å². The molecule has 0 bridgehead atoms. The number of carbonyl (C=O) groups is 2. The largest absolute Gasteiger partial charge is 0.508 e. The third-order valence-electron chi connectivity index (χ3n) is 8.15. The first-order valence-corrected chi connectivity index (χ1v) is 16.0. The molecule has 0 radical (unpaired) electrons. The molecule has 6 N–H and O–H groups in total. The van der Waals surface area contributed by atoms with Gasteiger partial charge < -0.3 is 54.0 Å². The lowest BCUT2D eigenvalue weighted by molar-refractivity contribution is -0.275. The summed E-state index contributed by atoms with van der Waals surface area (Å²) in [4.78, 5) is 40.0. The molecule has 5 atom stereocenters. The molecule has 0 spiro atoms. The van der Waals surface area contributed by atoms with Crippen LogP contribution in [0.4, 0.5) is 0 Å². The molecule has 6 rings (SSSR count). The van der Waals surface area contributed by atoms with Gasteiger partial charge >= 0.3 is 11.9 Å². The van der Waals surface area contributed by atoms with Crippen LogP contribution in [0.1, 0.15) is 18.1 Å². The molecule has 53 heavy (non-hydrogen) atoms. The first kappa shape index (κ1) is 36.0. The molecular formula is C39H32O14. The highest BCUT2D eigenvalue weighted by Crippen LogP contribution is 2.38. The van der Waals surface area contributed by atoms with Crippen molar-refractivity contribution in [3.63, 3.8) is 0 Å². The maximum Gasteiger partial charge on any atom is 0.331 e. The average molecular weight is 725 g/mol. The molecule has 5 aromatic rings. The van der Waals surface area contributed by atoms with Crippen LogP contribution in [0.3, 0.4) is 0 Å². The maximum absolute atomic E-state index is 14.0. The van der Waals surface area contributed by atoms with Gasteiger partial charge in [-0.25, -0.2) is 9.59 Å². The van der Waals surface area contributed by atoms with Crippen LogP contribution >= 0.6 is 0 Å². The third kappa shape index (κ3) is 8.25. The highest BCUT2D eigenvalue weighted by atomic mass is 16.7. The zero-order valence-electron chi connectivity index (χ0n) is 27.7. The van der Waals surface area contributed by atoms with E-state index in [4.69, 9.17) is 23.4 Å². The number of phenols is 5. The third-order valence-corrected chi connectivity index (χ3v) is 8.15. The molecule has 14 heteroatoms. The second-order valence-corrected chi connectivity index (χ2v) is 11.9. The fourth-order valence-electron chi connectivity index (χ4n) is 5.52. The van der Waals surface area contributed by atoms with Crippen molar-refractivity contribution < 1.29 is 63.6 Å². The standard InChI is InChI=1S/C39H32O14/c1-20-35(51-30(45)16-6-21-2-10-24(40)11-3-21)34(48)38(52-31(46)17-7-22-4-12-25(41)13-5-22)39(49-20)53-37-33(47)32-28(44)18-27(43)19-29(32)50-36(37)23-8-14-26(42)15-9-23/h2-20,34-35,38-44,48H,1H3/b16-6+,17-7+/t20-,34+,35-,38-,39-/m0/s1. The highest BCUT2D eigenvalue weighted by Gasteiger charge is 2.49. The van der Waals surface area contributed by atoms with Gasteiger partial charge in [0.05, 0.1) is 6.10 Å². The average Bonchev–Trinajstić information content (AvgIpc) is 3.12. The smallest absolute Gasteiger partial charge is 0.331 e. The monoisotopic (exact) mass is 724 g/mol. The van der Waals surface area contributed by atoms with Crippen molar-refractivity contribution in [2.75, 3.05) is 0 Å². The Kier molecular flexibility index (Phi) is 10.4. The van der Waals surface area contributed by atoms with Crippen LogP contribution < -0.4 is 10.2 Å². The minimum absolute atomic E-state index is 0.00905. The van der Waals surface area contributed by atoms with Crippen molar-refractivity contribution in [2.24, 2.45) is 0 Å². The Balaban J connectivity index is 1.35. The van der Waals surface area contributed by atoms with Crippen LogP contribution in [0.15, 0.2) is 106 Å². The van der Waals surface area contributed by atoms with E-state index in [2.05, 4.69) is 0 Å². The van der Waals surface area contributed by atoms with Gasteiger partial charge in [0, 0.05) is 29.8 Å². The number of ether oxygens (including phenoxy) is 4. The molecule has 4 aromatic carbocycles. The number of hydrogen-bond acceptors (Lipinski definition) is 14. The number of rotatable bonds is 9. The summed E-state index contributed by atoms with van der Waals surface area (Å²) in [5, 5.41) is 60.8. The Morgan fingerprint density at radius 2 is 1.21 bits per heavy atom. The van der Waals surface area contributed by atoms with Gasteiger partial charge in [0.2, 0.25) is 17.5 Å². The van der Waals surface area contributed by atoms with Gasteiger partial charge in [-0.05, 0) is 78.7 Å². The van der Waals surface area contributed by atoms with E-state index in [9.17, 15) is 45.0 Å². The summed E-state index contributed by atoms with van der Waals surface area (Å²) in [6.07, 6.45) is -2.93. The Bertz CT molecular complexity index is 2240. The van der Waals surface area contributed by atoms with Crippen molar-refractivity contribution in [3.8, 4) is 45.8 Å². The molecule has 0 amide bonds. The number of aromatic hydroxyl groups is 5. The fourth-order valence-corrected chi connectivity index (χ4v) is 5.52. The van der Waals surface area contributed by atoms with E-state index in [0.717, 1.165) is 24.3 Å². The van der Waals surface area contributed by atoms with E-state index in [1.165, 1.54) is 79.7 Å². The molecule has 2 heterocycles. The van der Waals surface area contributed by atoms with Crippen molar-refractivity contribution in [1.82, 2.24) is 0 Å². The summed E-state index contributed by atoms with van der Waals surface area (Å²) >= 11 is 0. The summed E-state index contributed by atoms with van der Waals surface area (Å²) in [7, 11) is 0. The van der Waals surface area contributed by atoms with Crippen LogP contribution in [0.5, 0.6) is 34.5 Å². The molecule has 1 aliphatic heterocycles. The summed E-state index contributed by atoms with van der Waals surface area (Å²) in [5.41, 5.74) is 0.154. The van der Waals surface area contributed by atoms with Crippen molar-refractivity contribution >= 4 is 35.1 Å². The van der Waals surface area contributed by atoms with E-state index >= 15 is 0 Å². The summed E-state index contributed by atoms with van der Waals surface area (Å²) in [6.45, 7) is 1.45. The number of hydrogen-bond donors (Lipinski definition) is 6. The summed E-state index contributed by atoms with van der Waals surface area (Å²) < 4.78 is 29.1. The van der Waals surface area contributed by atoms with Gasteiger partial charge in [0.15, 0.2) is 18.0 Å². The summed E-state index contributed by atoms with van der Waals surface area (Å²) in [5.74, 6) is -3.77. The lowest BCUT2D eigenvalue weighted by Gasteiger charge is -2.41. The number of aliphatic hydroxyl groups is 1. The first-order chi connectivity index (χ1) is 25.4. The number of fused-ring (bicyclic) bond motifs is 1. The predicted octanol–water partition coefficient (Wildman–Crippen LogP) is 4.72. The minimum atomic E-state index is -1.80. The number of phenolic OH excluding ortho intramolecular Hbond substituents is 5. The molecule has 1 aromatic heterocycles. The van der Waals surface area contributed by atoms with E-state index in [-0.39, 0.29) is 39.5 Å². The van der Waals surface area contributed by atoms with Gasteiger partial charge in [-0.3, -0.25) is 4.79 Å². The maximum atomic E-state index is 14.0. The van der Waals surface area contributed by atoms with Gasteiger partial charge in [0.25, 0.3) is 0 Å². The number of esters is 2. The van der Waals surface area contributed by atoms with Crippen LogP contribution in [0.25, 0.3) is 34.4 Å². The van der Waals surface area contributed by atoms with Gasteiger partial charge in [-0.1, -0.05) is 24.3 Å². The molecule has 1 saturated heterocycles. The van der Waals surface area contributed by atoms with Gasteiger partial charge in [-0.2, -0.15) is 0 Å². The predicted molar refractivity (Wildman–Crippen MR) is 188 cm³/mol. The zero-order valence-corrected chi connectivity index (χ0v) is 27.7. The van der Waals surface area contributed by atoms with E-state index in [1.54, 1.807) is 12.1 Å². The molecule has 14 nitrogen and oxygen atoms in total. The Hall–Kier alpha value is -6.77. The number of carbonyl (C=O) groups excluding carboxylic acids is 2. The van der Waals surface area contributed by atoms with Crippen molar-refractivity contribution in [1.29, 1.82) is 0 Å². The van der Waals surface area contributed by atoms with Gasteiger partial charge in [-0.15, -0.1) is 0 Å². The minimum Gasteiger partial charge on any atom is -0.508 e. The van der Waals surface area contributed by atoms with Crippen molar-refractivity contribution in [2.45, 2.75) is 37.6 Å². The zero-order chi connectivity index (χ0) is 37.8. The lowest BCUT2D eigenvalue weighted by atomic mass is 9.99. The van der Waals surface area contributed by atoms with Crippen LogP contribution in [0.2, 0.25) is 0 Å². The second-order valence-electron chi connectivity index (χ2n) is 11.9. The van der Waals surface area contributed by atoms with Crippen LogP contribution in [0, 0.1) is 0 Å². The molecule has 0 unspecified atom stereocenters. The first-order valence-electron chi connectivity index (χ1n) is 16.0. The fraction of sp³-hybridized carbons (Fsp3) is 0.154. The SMILES string of the molecule is C[C@@H]1O[C@@H](Oc2c(-c3ccc(O)cc3)oc3cc(O)cc(O)c3c2=O)[C@@H](OC(=O)/C=C/c2ccc(O)cc2)[C@H](O)[C@H]1OC(=O)/C=C/c1ccc(O)cc1. The Morgan fingerprint density at radius 1 is 0.698 bits per heavy atom. The molecule has 1 aliphatic rings. The normalized spacial score (nSPS) is 20.1. The topological polar surface area (TPSA) is 223 Å². The number of aliphatic hydroxyl groups excluding tert-OH is 1. The van der Waals surface area contributed by atoms with E-state index in [0.29, 0.717) is 11.1 Å². The van der Waals surface area contributed by atoms with Crippen molar-refractivity contribution in [3.05, 3.63) is 118 Å². The quantitative estimate of drug-likeness (QED) is 0.0894. The molecular weight excluding hydrogens is 692 g/mol. The number of benzene rings is 4. The molecule has 1 fully saturated rings. The van der Waals surface area contributed by atoms with E-state index < -0.39 is 65.3 Å². The van der Waals surface area contributed by atoms with Gasteiger partial charge in [0.1, 0.15) is 45.8 Å². The molecule has 272 valence electrons. The molecule has 0 aliphatic carbocycles. The Labute approximate surface area is 300 Å². The summed E-state index contributed by atoms with van der Waals surface area (Å²) in [6, 6.07) is 19.3. The Morgan fingerprint density at radius 3 is 1.75 bits per heavy atom. The lowest BCUT2D eigenvalue weighted by Crippen LogP contribution is -2.61. The second kappa shape index (κ2) is 15.2. The van der Waals surface area contributed by atoms with E-state index in [1.807, 2.05) is 0 Å².